The predicted molar refractivity (Wildman–Crippen MR) is 80.4 cm³/mol. The third-order valence-corrected chi connectivity index (χ3v) is 4.06. The normalized spacial score (nSPS) is 18.7. The number of aromatic nitrogens is 4. The maximum absolute atomic E-state index is 12.6. The van der Waals surface area contributed by atoms with Crippen LogP contribution in [-0.4, -0.2) is 50.7 Å². The van der Waals surface area contributed by atoms with Gasteiger partial charge in [0.2, 0.25) is 5.91 Å². The highest BCUT2D eigenvalue weighted by Crippen LogP contribution is 2.21. The zero-order valence-corrected chi connectivity index (χ0v) is 13.1. The molecule has 0 saturated carbocycles. The smallest absolute Gasteiger partial charge is 0.227 e. The molecule has 22 heavy (non-hydrogen) atoms. The van der Waals surface area contributed by atoms with Crippen molar-refractivity contribution in [2.45, 2.75) is 33.3 Å². The summed E-state index contributed by atoms with van der Waals surface area (Å²) >= 11 is 0. The largest absolute Gasteiger partial charge is 0.367 e. The molecule has 2 N–H and O–H groups in total. The van der Waals surface area contributed by atoms with Crippen LogP contribution in [0, 0.1) is 20.8 Å². The van der Waals surface area contributed by atoms with Gasteiger partial charge in [-0.25, -0.2) is 4.98 Å². The van der Waals surface area contributed by atoms with Gasteiger partial charge in [0, 0.05) is 29.7 Å². The molecule has 2 aromatic heterocycles. The number of imidazole rings is 1. The molecule has 3 rings (SSSR count). The van der Waals surface area contributed by atoms with Gasteiger partial charge in [-0.1, -0.05) is 0 Å². The second-order valence-electron chi connectivity index (χ2n) is 5.74. The molecule has 1 fully saturated rings. The Bertz CT molecular complexity index is 656. The number of H-pyrrole nitrogens is 2. The zero-order chi connectivity index (χ0) is 15.7. The fourth-order valence-corrected chi connectivity index (χ4v) is 2.74. The van der Waals surface area contributed by atoms with Crippen molar-refractivity contribution in [3.8, 4) is 0 Å². The maximum atomic E-state index is 12.6. The van der Waals surface area contributed by atoms with Crippen molar-refractivity contribution < 1.29 is 9.53 Å². The zero-order valence-electron chi connectivity index (χ0n) is 13.1. The van der Waals surface area contributed by atoms with Crippen LogP contribution in [0.25, 0.3) is 0 Å². The highest BCUT2D eigenvalue weighted by molar-refractivity contribution is 5.79. The van der Waals surface area contributed by atoms with Crippen molar-refractivity contribution >= 4 is 5.91 Å². The van der Waals surface area contributed by atoms with Crippen molar-refractivity contribution in [1.29, 1.82) is 0 Å². The summed E-state index contributed by atoms with van der Waals surface area (Å²) in [4.78, 5) is 21.9. The van der Waals surface area contributed by atoms with Crippen LogP contribution in [0.5, 0.6) is 0 Å². The Labute approximate surface area is 129 Å². The van der Waals surface area contributed by atoms with E-state index in [0.717, 1.165) is 28.5 Å². The molecule has 2 aromatic rings. The third-order valence-electron chi connectivity index (χ3n) is 4.06. The summed E-state index contributed by atoms with van der Waals surface area (Å²) in [7, 11) is 0. The molecule has 1 unspecified atom stereocenters. The van der Waals surface area contributed by atoms with Crippen LogP contribution in [-0.2, 0) is 16.0 Å². The average Bonchev–Trinajstić information content (AvgIpc) is 3.08. The first-order valence-corrected chi connectivity index (χ1v) is 7.46. The van der Waals surface area contributed by atoms with Gasteiger partial charge in [-0.15, -0.1) is 0 Å². The van der Waals surface area contributed by atoms with Crippen LogP contribution in [0.1, 0.15) is 34.6 Å². The maximum Gasteiger partial charge on any atom is 0.227 e. The molecule has 7 nitrogen and oxygen atoms in total. The lowest BCUT2D eigenvalue weighted by atomic mass is 10.1. The molecule has 0 radical (unpaired) electrons. The molecule has 0 aliphatic carbocycles. The fourth-order valence-electron chi connectivity index (χ4n) is 2.74. The number of aromatic amines is 2. The Hall–Kier alpha value is -2.15. The van der Waals surface area contributed by atoms with E-state index in [1.807, 2.05) is 25.7 Å². The van der Waals surface area contributed by atoms with E-state index in [1.54, 1.807) is 6.20 Å². The van der Waals surface area contributed by atoms with Crippen LogP contribution in [0.15, 0.2) is 6.20 Å². The Kier molecular flexibility index (Phi) is 3.98. The minimum atomic E-state index is -0.182. The molecule has 1 atom stereocenters. The molecule has 7 heteroatoms. The average molecular weight is 303 g/mol. The molecule has 1 aliphatic rings. The van der Waals surface area contributed by atoms with E-state index in [4.69, 9.17) is 4.74 Å². The number of nitrogens with one attached hydrogen (secondary N) is 2. The highest BCUT2D eigenvalue weighted by Gasteiger charge is 2.27. The minimum Gasteiger partial charge on any atom is -0.367 e. The lowest BCUT2D eigenvalue weighted by molar-refractivity contribution is -0.138. The summed E-state index contributed by atoms with van der Waals surface area (Å²) in [5.74, 6) is 0.884. The quantitative estimate of drug-likeness (QED) is 0.892. The van der Waals surface area contributed by atoms with E-state index in [0.29, 0.717) is 26.1 Å². The van der Waals surface area contributed by atoms with Gasteiger partial charge in [-0.05, 0) is 20.8 Å². The van der Waals surface area contributed by atoms with Gasteiger partial charge in [-0.3, -0.25) is 9.89 Å². The number of hydrogen-bond acceptors (Lipinski definition) is 4. The van der Waals surface area contributed by atoms with E-state index in [1.165, 1.54) is 0 Å². The van der Waals surface area contributed by atoms with E-state index in [-0.39, 0.29) is 12.0 Å². The molecule has 0 spiro atoms. The van der Waals surface area contributed by atoms with Gasteiger partial charge in [-0.2, -0.15) is 5.10 Å². The predicted octanol–water partition coefficient (Wildman–Crippen LogP) is 1.20. The molecule has 1 aliphatic heterocycles. The van der Waals surface area contributed by atoms with Crippen LogP contribution in [0.4, 0.5) is 0 Å². The summed E-state index contributed by atoms with van der Waals surface area (Å²) in [6.45, 7) is 7.48. The van der Waals surface area contributed by atoms with Crippen molar-refractivity contribution in [3.63, 3.8) is 0 Å². The van der Waals surface area contributed by atoms with E-state index in [9.17, 15) is 4.79 Å². The summed E-state index contributed by atoms with van der Waals surface area (Å²) in [5, 5.41) is 7.07. The molecule has 118 valence electrons. The first-order chi connectivity index (χ1) is 10.5. The van der Waals surface area contributed by atoms with Crippen molar-refractivity contribution in [2.75, 3.05) is 19.7 Å². The number of amides is 1. The van der Waals surface area contributed by atoms with E-state index < -0.39 is 0 Å². The van der Waals surface area contributed by atoms with E-state index >= 15 is 0 Å². The third kappa shape index (κ3) is 2.89. The van der Waals surface area contributed by atoms with Gasteiger partial charge in [0.1, 0.15) is 11.9 Å². The van der Waals surface area contributed by atoms with Crippen molar-refractivity contribution in [2.24, 2.45) is 0 Å². The van der Waals surface area contributed by atoms with E-state index in [2.05, 4.69) is 20.2 Å². The minimum absolute atomic E-state index is 0.101. The highest BCUT2D eigenvalue weighted by atomic mass is 16.5. The summed E-state index contributed by atoms with van der Waals surface area (Å²) in [6, 6.07) is 0. The van der Waals surface area contributed by atoms with Crippen LogP contribution in [0.3, 0.4) is 0 Å². The Balaban J connectivity index is 1.68. The number of carbonyl (C=O) groups is 1. The lowest BCUT2D eigenvalue weighted by Gasteiger charge is -2.32. The lowest BCUT2D eigenvalue weighted by Crippen LogP contribution is -2.43. The fraction of sp³-hybridized carbons (Fsp3) is 0.533. The van der Waals surface area contributed by atoms with Gasteiger partial charge >= 0.3 is 0 Å². The second kappa shape index (κ2) is 5.92. The molecular weight excluding hydrogens is 282 g/mol. The second-order valence-corrected chi connectivity index (χ2v) is 5.74. The van der Waals surface area contributed by atoms with Gasteiger partial charge in [0.05, 0.1) is 25.3 Å². The van der Waals surface area contributed by atoms with Crippen LogP contribution < -0.4 is 0 Å². The summed E-state index contributed by atoms with van der Waals surface area (Å²) in [6.07, 6.45) is 1.97. The molecular formula is C15H21N5O2. The Morgan fingerprint density at radius 1 is 1.45 bits per heavy atom. The SMILES string of the molecule is Cc1cnc(C2CN(C(=O)Cc3c(C)n[nH]c3C)CCO2)[nH]1. The number of carbonyl (C=O) groups excluding carboxylic acids is 1. The van der Waals surface area contributed by atoms with Gasteiger partial charge < -0.3 is 14.6 Å². The Morgan fingerprint density at radius 2 is 2.27 bits per heavy atom. The molecule has 1 amide bonds. The molecule has 1 saturated heterocycles. The number of nitrogens with zero attached hydrogens (tertiary/aromatic N) is 3. The molecule has 0 bridgehead atoms. The monoisotopic (exact) mass is 303 g/mol. The van der Waals surface area contributed by atoms with Gasteiger partial charge in [0.25, 0.3) is 0 Å². The number of aryl methyl sites for hydroxylation is 3. The molecule has 0 aromatic carbocycles. The number of morpholine rings is 1. The summed E-state index contributed by atoms with van der Waals surface area (Å²) in [5.41, 5.74) is 3.82. The topological polar surface area (TPSA) is 86.9 Å². The standard InChI is InChI=1S/C15H21N5O2/c1-9-7-16-15(17-9)13-8-20(4-5-22-13)14(21)6-12-10(2)18-19-11(12)3/h7,13H,4-6,8H2,1-3H3,(H,16,17)(H,18,19). The van der Waals surface area contributed by atoms with Crippen molar-refractivity contribution in [3.05, 3.63) is 34.7 Å². The summed E-state index contributed by atoms with van der Waals surface area (Å²) < 4.78 is 5.73. The van der Waals surface area contributed by atoms with Crippen LogP contribution in [0.2, 0.25) is 0 Å². The van der Waals surface area contributed by atoms with Gasteiger partial charge in [0.15, 0.2) is 0 Å². The number of hydrogen-bond donors (Lipinski definition) is 2. The molecule has 3 heterocycles. The van der Waals surface area contributed by atoms with Crippen molar-refractivity contribution in [1.82, 2.24) is 25.1 Å². The first-order valence-electron chi connectivity index (χ1n) is 7.46. The van der Waals surface area contributed by atoms with Crippen LogP contribution >= 0.6 is 0 Å². The Morgan fingerprint density at radius 3 is 2.91 bits per heavy atom. The number of ether oxygens (including phenoxy) is 1. The number of rotatable bonds is 3. The first kappa shape index (κ1) is 14.8.